The number of rotatable bonds is 19. The van der Waals surface area contributed by atoms with Gasteiger partial charge in [-0.3, -0.25) is 19.3 Å². The number of aromatic nitrogens is 1. The van der Waals surface area contributed by atoms with Gasteiger partial charge in [-0.1, -0.05) is 117 Å². The van der Waals surface area contributed by atoms with Gasteiger partial charge < -0.3 is 31.1 Å². The number of hydrogen-bond acceptors (Lipinski definition) is 9. The van der Waals surface area contributed by atoms with Gasteiger partial charge in [0, 0.05) is 43.4 Å². The monoisotopic (exact) mass is 846 g/mol. The molecule has 1 fully saturated rings. The largest absolute Gasteiger partial charge is 0.445 e. The molecule has 0 bridgehead atoms. The van der Waals surface area contributed by atoms with E-state index in [1.165, 1.54) is 16.9 Å². The lowest BCUT2D eigenvalue weighted by atomic mass is 9.95. The Labute approximate surface area is 362 Å². The van der Waals surface area contributed by atoms with Gasteiger partial charge in [0.1, 0.15) is 18.7 Å². The molecule has 5 N–H and O–H groups in total. The lowest BCUT2D eigenvalue weighted by molar-refractivity contribution is -0.131. The third-order valence-electron chi connectivity index (χ3n) is 11.1. The topological polar surface area (TPSA) is 162 Å². The number of hydrogen-bond donors (Lipinski definition) is 5. The molecular formula is C48H58N6O6S. The van der Waals surface area contributed by atoms with Crippen molar-refractivity contribution in [3.05, 3.63) is 136 Å². The number of amides is 4. The fraction of sp³-hybridized carbons (Fsp3) is 0.396. The number of aliphatic hydroxyl groups excluding tert-OH is 1. The molecule has 0 radical (unpaired) electrons. The molecule has 1 aromatic heterocycles. The van der Waals surface area contributed by atoms with Gasteiger partial charge in [0.15, 0.2) is 0 Å². The molecule has 1 aliphatic heterocycles. The molecule has 61 heavy (non-hydrogen) atoms. The summed E-state index contributed by atoms with van der Waals surface area (Å²) in [6, 6.07) is 30.2. The van der Waals surface area contributed by atoms with Crippen LogP contribution >= 0.6 is 11.3 Å². The van der Waals surface area contributed by atoms with Gasteiger partial charge in [-0.15, -0.1) is 11.3 Å². The first-order chi connectivity index (χ1) is 29.5. The molecule has 0 aliphatic carbocycles. The molecule has 2 heterocycles. The van der Waals surface area contributed by atoms with Crippen LogP contribution in [0.4, 0.5) is 4.79 Å². The Morgan fingerprint density at radius 1 is 0.803 bits per heavy atom. The Hall–Kier alpha value is -5.63. The van der Waals surface area contributed by atoms with Crippen molar-refractivity contribution in [3.63, 3.8) is 0 Å². The third-order valence-corrected chi connectivity index (χ3v) is 12.1. The zero-order valence-corrected chi connectivity index (χ0v) is 36.0. The smallest absolute Gasteiger partial charge is 0.408 e. The lowest BCUT2D eigenvalue weighted by Crippen LogP contribution is -2.57. The molecule has 4 amide bonds. The number of nitrogens with one attached hydrogen (secondary N) is 4. The van der Waals surface area contributed by atoms with Crippen molar-refractivity contribution >= 4 is 45.9 Å². The van der Waals surface area contributed by atoms with Crippen LogP contribution < -0.4 is 21.3 Å². The molecule has 322 valence electrons. The predicted molar refractivity (Wildman–Crippen MR) is 239 cm³/mol. The minimum absolute atomic E-state index is 0.00171. The highest BCUT2D eigenvalue weighted by Crippen LogP contribution is 2.22. The van der Waals surface area contributed by atoms with E-state index in [-0.39, 0.29) is 43.7 Å². The Balaban J connectivity index is 1.13. The van der Waals surface area contributed by atoms with E-state index in [0.717, 1.165) is 64.9 Å². The lowest BCUT2D eigenvalue weighted by Gasteiger charge is -2.33. The molecule has 1 unspecified atom stereocenters. The summed E-state index contributed by atoms with van der Waals surface area (Å²) in [6.45, 7) is 8.39. The normalized spacial score (nSPS) is 15.4. The highest BCUT2D eigenvalue weighted by Gasteiger charge is 2.33. The Morgan fingerprint density at radius 2 is 1.44 bits per heavy atom. The molecule has 4 aromatic carbocycles. The van der Waals surface area contributed by atoms with E-state index < -0.39 is 42.1 Å². The number of carbonyl (C=O) groups is 4. The average molecular weight is 847 g/mol. The molecule has 5 aromatic rings. The Bertz CT molecular complexity index is 2190. The van der Waals surface area contributed by atoms with Gasteiger partial charge in [-0.2, -0.15) is 0 Å². The SMILES string of the molecule is Cc1ncsc1CC(NC(=O)[C@H](Cc1cccc2ccccc12)NC(=O)OCc1ccccc1)C(=O)N[C@@H](CC(C)C)[C@@H](O)CC(=O)NC1CCN(Cc2ccccc2)CC1. The van der Waals surface area contributed by atoms with Crippen LogP contribution in [0.5, 0.6) is 0 Å². The van der Waals surface area contributed by atoms with E-state index in [1.54, 1.807) is 5.51 Å². The average Bonchev–Trinajstić information content (AvgIpc) is 3.66. The number of carbonyl (C=O) groups excluding carboxylic acids is 4. The number of aryl methyl sites for hydroxylation is 1. The highest BCUT2D eigenvalue weighted by atomic mass is 32.1. The minimum Gasteiger partial charge on any atom is -0.445 e. The second-order valence-electron chi connectivity index (χ2n) is 16.3. The first-order valence-electron chi connectivity index (χ1n) is 21.2. The van der Waals surface area contributed by atoms with Gasteiger partial charge in [-0.05, 0) is 59.6 Å². The molecule has 12 nitrogen and oxygen atoms in total. The van der Waals surface area contributed by atoms with Crippen molar-refractivity contribution in [2.45, 2.75) is 103 Å². The zero-order valence-electron chi connectivity index (χ0n) is 35.2. The number of aliphatic hydroxyl groups is 1. The van der Waals surface area contributed by atoms with Gasteiger partial charge in [0.2, 0.25) is 17.7 Å². The van der Waals surface area contributed by atoms with Crippen molar-refractivity contribution < 1.29 is 29.0 Å². The van der Waals surface area contributed by atoms with Crippen LogP contribution in [0.3, 0.4) is 0 Å². The van der Waals surface area contributed by atoms with Crippen LogP contribution in [0.2, 0.25) is 0 Å². The fourth-order valence-electron chi connectivity index (χ4n) is 7.80. The molecule has 4 atom stereocenters. The van der Waals surface area contributed by atoms with Crippen molar-refractivity contribution in [1.29, 1.82) is 0 Å². The molecule has 1 saturated heterocycles. The summed E-state index contributed by atoms with van der Waals surface area (Å²) in [7, 11) is 0. The summed E-state index contributed by atoms with van der Waals surface area (Å²) in [5, 5.41) is 25.2. The van der Waals surface area contributed by atoms with E-state index in [1.807, 2.05) is 112 Å². The molecular weight excluding hydrogens is 789 g/mol. The summed E-state index contributed by atoms with van der Waals surface area (Å²) < 4.78 is 5.53. The van der Waals surface area contributed by atoms with Crippen LogP contribution in [-0.4, -0.2) is 82.2 Å². The number of piperidine rings is 1. The fourth-order valence-corrected chi connectivity index (χ4v) is 8.62. The number of likely N-dealkylation sites (tertiary alicyclic amines) is 1. The van der Waals surface area contributed by atoms with Crippen molar-refractivity contribution in [1.82, 2.24) is 31.2 Å². The van der Waals surface area contributed by atoms with Crippen LogP contribution in [0.1, 0.15) is 66.8 Å². The molecule has 0 saturated carbocycles. The van der Waals surface area contributed by atoms with Crippen molar-refractivity contribution in [2.75, 3.05) is 13.1 Å². The second-order valence-corrected chi connectivity index (χ2v) is 17.3. The molecule has 0 spiro atoms. The summed E-state index contributed by atoms with van der Waals surface area (Å²) in [5.74, 6) is -1.30. The standard InChI is InChI=1S/C48H58N6O6S/c1-32(2)25-40(43(55)28-45(56)50-38-21-23-54(24-22-38)29-34-13-6-4-7-14-34)51-47(58)42(27-44-33(3)49-31-61-44)52-46(57)41(53-48(59)60-30-35-15-8-5-9-16-35)26-37-19-12-18-36-17-10-11-20-39(36)37/h4-20,31-32,38,40-43,55H,21-30H2,1-3H3,(H,50,56)(H,51,58)(H,52,57)(H,53,59)/t40-,41-,42?,43-/m0/s1. The van der Waals surface area contributed by atoms with Gasteiger partial charge in [0.05, 0.1) is 29.8 Å². The molecule has 13 heteroatoms. The van der Waals surface area contributed by atoms with E-state index in [2.05, 4.69) is 43.3 Å². The highest BCUT2D eigenvalue weighted by molar-refractivity contribution is 7.09. The van der Waals surface area contributed by atoms with Crippen LogP contribution in [0.25, 0.3) is 10.8 Å². The van der Waals surface area contributed by atoms with Gasteiger partial charge in [-0.25, -0.2) is 9.78 Å². The predicted octanol–water partition coefficient (Wildman–Crippen LogP) is 6.23. The van der Waals surface area contributed by atoms with E-state index in [0.29, 0.717) is 6.42 Å². The first-order valence-corrected chi connectivity index (χ1v) is 22.1. The maximum Gasteiger partial charge on any atom is 0.408 e. The van der Waals surface area contributed by atoms with Gasteiger partial charge >= 0.3 is 6.09 Å². The van der Waals surface area contributed by atoms with Crippen LogP contribution in [0.15, 0.2) is 109 Å². The maximum absolute atomic E-state index is 14.4. The van der Waals surface area contributed by atoms with Crippen molar-refractivity contribution in [3.8, 4) is 0 Å². The third kappa shape index (κ3) is 13.7. The van der Waals surface area contributed by atoms with E-state index in [9.17, 15) is 24.3 Å². The van der Waals surface area contributed by atoms with E-state index in [4.69, 9.17) is 4.74 Å². The van der Waals surface area contributed by atoms with E-state index >= 15 is 0 Å². The number of thiazole rings is 1. The number of alkyl carbamates (subject to hydrolysis) is 1. The van der Waals surface area contributed by atoms with Crippen LogP contribution in [-0.2, 0) is 45.1 Å². The number of nitrogens with zero attached hydrogens (tertiary/aromatic N) is 2. The number of ether oxygens (including phenoxy) is 1. The Kier molecular flexibility index (Phi) is 16.4. The summed E-state index contributed by atoms with van der Waals surface area (Å²) in [5.41, 5.74) is 5.30. The number of benzene rings is 4. The second kappa shape index (κ2) is 22.3. The summed E-state index contributed by atoms with van der Waals surface area (Å²) in [4.78, 5) is 62.8. The number of fused-ring (bicyclic) bond motifs is 1. The van der Waals surface area contributed by atoms with Crippen LogP contribution in [0, 0.1) is 12.8 Å². The van der Waals surface area contributed by atoms with Gasteiger partial charge in [0.25, 0.3) is 0 Å². The van der Waals surface area contributed by atoms with Crippen molar-refractivity contribution in [2.24, 2.45) is 5.92 Å². The zero-order chi connectivity index (χ0) is 43.1. The first kappa shape index (κ1) is 44.9. The Morgan fingerprint density at radius 3 is 2.13 bits per heavy atom. The minimum atomic E-state index is -1.17. The summed E-state index contributed by atoms with van der Waals surface area (Å²) in [6.07, 6.45) is 0.122. The summed E-state index contributed by atoms with van der Waals surface area (Å²) >= 11 is 1.37. The maximum atomic E-state index is 14.4. The molecule has 6 rings (SSSR count). The quantitative estimate of drug-likeness (QED) is 0.0654. The molecule has 1 aliphatic rings.